The molecule has 1 rings (SSSR count). The Morgan fingerprint density at radius 3 is 2.52 bits per heavy atom. The number of alkyl halides is 3. The summed E-state index contributed by atoms with van der Waals surface area (Å²) >= 11 is 0. The summed E-state index contributed by atoms with van der Waals surface area (Å²) in [6.45, 7) is 3.30. The van der Waals surface area contributed by atoms with E-state index in [2.05, 4.69) is 16.6 Å². The zero-order valence-electron chi connectivity index (χ0n) is 12.3. The minimum absolute atomic E-state index is 0.115. The Hall–Kier alpha value is -1.27. The highest BCUT2D eigenvalue weighted by atomic mass is 19.4. The van der Waals surface area contributed by atoms with Crippen LogP contribution in [0.5, 0.6) is 0 Å². The fraction of sp³-hybridized carbons (Fsp3) is 0.600. The lowest BCUT2D eigenvalue weighted by Gasteiger charge is -2.22. The predicted octanol–water partition coefficient (Wildman–Crippen LogP) is 3.45. The van der Waals surface area contributed by atoms with Crippen molar-refractivity contribution in [3.8, 4) is 0 Å². The number of nitrogen functional groups attached to an aromatic ring is 1. The third-order valence-electron chi connectivity index (χ3n) is 3.02. The molecule has 0 amide bonds. The van der Waals surface area contributed by atoms with Crippen LogP contribution in [-0.2, 0) is 11.3 Å². The zero-order valence-corrected chi connectivity index (χ0v) is 12.3. The molecule has 21 heavy (non-hydrogen) atoms. The summed E-state index contributed by atoms with van der Waals surface area (Å²) in [4.78, 5) is 2.18. The average molecular weight is 304 g/mol. The van der Waals surface area contributed by atoms with Gasteiger partial charge in [0, 0.05) is 25.4 Å². The molecule has 0 saturated carbocycles. The van der Waals surface area contributed by atoms with Gasteiger partial charge in [0.25, 0.3) is 0 Å². The van der Waals surface area contributed by atoms with Crippen molar-refractivity contribution in [3.63, 3.8) is 0 Å². The number of anilines is 1. The quantitative estimate of drug-likeness (QED) is 0.561. The molecule has 0 aliphatic carbocycles. The van der Waals surface area contributed by atoms with E-state index in [0.29, 0.717) is 19.5 Å². The summed E-state index contributed by atoms with van der Waals surface area (Å²) in [7, 11) is 0. The van der Waals surface area contributed by atoms with Gasteiger partial charge in [0.15, 0.2) is 0 Å². The molecule has 1 aromatic carbocycles. The third kappa shape index (κ3) is 7.92. The fourth-order valence-corrected chi connectivity index (χ4v) is 2.08. The second kappa shape index (κ2) is 8.89. The highest BCUT2D eigenvalue weighted by Gasteiger charge is 2.27. The lowest BCUT2D eigenvalue weighted by molar-refractivity contribution is -0.174. The van der Waals surface area contributed by atoms with Crippen LogP contribution in [0.2, 0.25) is 0 Å². The Morgan fingerprint density at radius 1 is 1.19 bits per heavy atom. The monoisotopic (exact) mass is 304 g/mol. The number of rotatable bonds is 9. The summed E-state index contributed by atoms with van der Waals surface area (Å²) in [6.07, 6.45) is -2.69. The summed E-state index contributed by atoms with van der Waals surface area (Å²) in [5, 5.41) is 0. The molecule has 0 atom stereocenters. The largest absolute Gasteiger partial charge is 0.411 e. The van der Waals surface area contributed by atoms with E-state index in [4.69, 9.17) is 5.73 Å². The lowest BCUT2D eigenvalue weighted by Crippen LogP contribution is -2.27. The van der Waals surface area contributed by atoms with E-state index in [1.54, 1.807) is 0 Å². The molecule has 0 fully saturated rings. The molecular formula is C15H23F3N2O. The van der Waals surface area contributed by atoms with Crippen molar-refractivity contribution in [1.82, 2.24) is 4.90 Å². The average Bonchev–Trinajstić information content (AvgIpc) is 2.39. The van der Waals surface area contributed by atoms with Crippen LogP contribution in [0.3, 0.4) is 0 Å². The van der Waals surface area contributed by atoms with Gasteiger partial charge >= 0.3 is 6.18 Å². The van der Waals surface area contributed by atoms with Crippen molar-refractivity contribution in [3.05, 3.63) is 29.8 Å². The number of nitrogens with zero attached hydrogens (tertiary/aromatic N) is 1. The first kappa shape index (κ1) is 17.8. The van der Waals surface area contributed by atoms with Crippen molar-refractivity contribution in [2.24, 2.45) is 0 Å². The van der Waals surface area contributed by atoms with Crippen LogP contribution in [0.1, 0.15) is 25.3 Å². The van der Waals surface area contributed by atoms with E-state index in [0.717, 1.165) is 24.2 Å². The van der Waals surface area contributed by atoms with E-state index < -0.39 is 12.8 Å². The number of benzene rings is 1. The second-order valence-corrected chi connectivity index (χ2v) is 5.00. The molecule has 1 aromatic rings. The summed E-state index contributed by atoms with van der Waals surface area (Å²) in [6, 6.07) is 7.64. The van der Waals surface area contributed by atoms with E-state index in [1.807, 2.05) is 24.3 Å². The van der Waals surface area contributed by atoms with Gasteiger partial charge in [-0.2, -0.15) is 13.2 Å². The Labute approximate surface area is 123 Å². The molecule has 0 saturated heterocycles. The van der Waals surface area contributed by atoms with E-state index in [1.165, 1.54) is 0 Å². The van der Waals surface area contributed by atoms with Gasteiger partial charge < -0.3 is 10.5 Å². The first-order chi connectivity index (χ1) is 9.92. The van der Waals surface area contributed by atoms with Crippen molar-refractivity contribution in [1.29, 1.82) is 0 Å². The summed E-state index contributed by atoms with van der Waals surface area (Å²) in [5.74, 6) is 0. The molecule has 0 spiro atoms. The normalized spacial score (nSPS) is 12.0. The van der Waals surface area contributed by atoms with Crippen LogP contribution < -0.4 is 5.73 Å². The maximum atomic E-state index is 11.9. The number of para-hydroxylation sites is 1. The molecule has 0 aromatic heterocycles. The molecule has 120 valence electrons. The van der Waals surface area contributed by atoms with E-state index in [-0.39, 0.29) is 6.61 Å². The van der Waals surface area contributed by atoms with Gasteiger partial charge in [0.1, 0.15) is 6.61 Å². The van der Waals surface area contributed by atoms with Crippen LogP contribution in [-0.4, -0.2) is 37.4 Å². The number of hydrogen-bond donors (Lipinski definition) is 1. The number of ether oxygens (including phenoxy) is 1. The van der Waals surface area contributed by atoms with Gasteiger partial charge in [0.2, 0.25) is 0 Å². The minimum atomic E-state index is -4.25. The molecule has 2 N–H and O–H groups in total. The number of nitrogens with two attached hydrogens (primary N) is 1. The molecule has 0 radical (unpaired) electrons. The van der Waals surface area contributed by atoms with Crippen molar-refractivity contribution >= 4 is 5.69 Å². The van der Waals surface area contributed by atoms with Crippen LogP contribution in [0.25, 0.3) is 0 Å². The van der Waals surface area contributed by atoms with Crippen LogP contribution in [0.15, 0.2) is 24.3 Å². The van der Waals surface area contributed by atoms with Gasteiger partial charge in [0.05, 0.1) is 0 Å². The maximum Gasteiger partial charge on any atom is 0.411 e. The first-order valence-electron chi connectivity index (χ1n) is 7.12. The Morgan fingerprint density at radius 2 is 1.90 bits per heavy atom. The van der Waals surface area contributed by atoms with Crippen LogP contribution in [0, 0.1) is 0 Å². The van der Waals surface area contributed by atoms with Gasteiger partial charge in [-0.05, 0) is 31.0 Å². The maximum absolute atomic E-state index is 11.9. The number of halogens is 3. The predicted molar refractivity (Wildman–Crippen MR) is 77.9 cm³/mol. The Balaban J connectivity index is 2.35. The molecular weight excluding hydrogens is 281 g/mol. The fourth-order valence-electron chi connectivity index (χ4n) is 2.08. The van der Waals surface area contributed by atoms with Gasteiger partial charge in [-0.1, -0.05) is 25.1 Å². The van der Waals surface area contributed by atoms with Gasteiger partial charge in [-0.15, -0.1) is 0 Å². The molecule has 0 heterocycles. The number of hydrogen-bond acceptors (Lipinski definition) is 3. The Kier molecular flexibility index (Phi) is 7.53. The highest BCUT2D eigenvalue weighted by molar-refractivity contribution is 5.46. The first-order valence-corrected chi connectivity index (χ1v) is 7.12. The van der Waals surface area contributed by atoms with Gasteiger partial charge in [-0.3, -0.25) is 4.90 Å². The Bertz CT molecular complexity index is 410. The van der Waals surface area contributed by atoms with Crippen LogP contribution >= 0.6 is 0 Å². The molecule has 0 bridgehead atoms. The second-order valence-electron chi connectivity index (χ2n) is 5.00. The zero-order chi connectivity index (χ0) is 15.7. The smallest absolute Gasteiger partial charge is 0.398 e. The van der Waals surface area contributed by atoms with E-state index >= 15 is 0 Å². The third-order valence-corrected chi connectivity index (χ3v) is 3.02. The summed E-state index contributed by atoms with van der Waals surface area (Å²) < 4.78 is 40.5. The molecule has 0 unspecified atom stereocenters. The van der Waals surface area contributed by atoms with E-state index in [9.17, 15) is 13.2 Å². The summed E-state index contributed by atoms with van der Waals surface area (Å²) in [5.41, 5.74) is 7.70. The lowest BCUT2D eigenvalue weighted by atomic mass is 10.1. The molecule has 6 heteroatoms. The highest BCUT2D eigenvalue weighted by Crippen LogP contribution is 2.15. The molecule has 3 nitrogen and oxygen atoms in total. The molecule has 0 aliphatic heterocycles. The molecule has 0 aliphatic rings. The topological polar surface area (TPSA) is 38.5 Å². The van der Waals surface area contributed by atoms with Crippen molar-refractivity contribution in [2.75, 3.05) is 32.0 Å². The van der Waals surface area contributed by atoms with Gasteiger partial charge in [-0.25, -0.2) is 0 Å². The SMILES string of the molecule is CCCN(CCCOCC(F)(F)F)Cc1ccccc1N. The standard InChI is InChI=1S/C15H23F3N2O/c1-2-8-20(9-5-10-21-12-15(16,17)18)11-13-6-3-4-7-14(13)19/h3-4,6-7H,2,5,8-12,19H2,1H3. The van der Waals surface area contributed by atoms with Crippen LogP contribution in [0.4, 0.5) is 18.9 Å². The minimum Gasteiger partial charge on any atom is -0.398 e. The van der Waals surface area contributed by atoms with Crippen molar-refractivity contribution < 1.29 is 17.9 Å². The van der Waals surface area contributed by atoms with Crippen molar-refractivity contribution in [2.45, 2.75) is 32.5 Å².